The number of amides is 1. The molecule has 0 aliphatic carbocycles. The fourth-order valence-electron chi connectivity index (χ4n) is 5.57. The van der Waals surface area contributed by atoms with Gasteiger partial charge in [0.05, 0.1) is 13.7 Å². The Hall–Kier alpha value is -3.38. The Bertz CT molecular complexity index is 1180. The molecular weight excluding hydrogens is 450 g/mol. The first kappa shape index (κ1) is 24.3. The van der Waals surface area contributed by atoms with Gasteiger partial charge in [-0.05, 0) is 85.3 Å². The highest BCUT2D eigenvalue weighted by atomic mass is 16.5. The van der Waals surface area contributed by atoms with E-state index >= 15 is 0 Å². The largest absolute Gasteiger partial charge is 0.497 e. The van der Waals surface area contributed by atoms with Crippen molar-refractivity contribution in [2.24, 2.45) is 5.92 Å². The lowest BCUT2D eigenvalue weighted by Gasteiger charge is -2.40. The molecule has 0 N–H and O–H groups in total. The number of likely N-dealkylation sites (tertiary alicyclic amines) is 1. The van der Waals surface area contributed by atoms with Gasteiger partial charge >= 0.3 is 0 Å². The van der Waals surface area contributed by atoms with Crippen molar-refractivity contribution in [3.8, 4) is 11.5 Å². The summed E-state index contributed by atoms with van der Waals surface area (Å²) in [4.78, 5) is 22.1. The van der Waals surface area contributed by atoms with Crippen molar-refractivity contribution in [1.82, 2.24) is 14.8 Å². The smallest absolute Gasteiger partial charge is 0.272 e. The van der Waals surface area contributed by atoms with Crippen LogP contribution in [0.4, 0.5) is 0 Å². The van der Waals surface area contributed by atoms with Gasteiger partial charge in [0.15, 0.2) is 0 Å². The molecule has 3 heterocycles. The van der Waals surface area contributed by atoms with E-state index in [0.717, 1.165) is 63.4 Å². The quantitative estimate of drug-likeness (QED) is 0.466. The van der Waals surface area contributed by atoms with E-state index in [1.165, 1.54) is 16.7 Å². The van der Waals surface area contributed by atoms with Crippen LogP contribution in [0, 0.1) is 5.92 Å². The first-order valence-corrected chi connectivity index (χ1v) is 12.9. The van der Waals surface area contributed by atoms with Crippen molar-refractivity contribution in [3.63, 3.8) is 0 Å². The van der Waals surface area contributed by atoms with E-state index in [1.54, 1.807) is 19.4 Å². The summed E-state index contributed by atoms with van der Waals surface area (Å²) < 4.78 is 11.1. The summed E-state index contributed by atoms with van der Waals surface area (Å²) in [6.07, 6.45) is 5.60. The molecule has 1 aromatic heterocycles. The van der Waals surface area contributed by atoms with Crippen LogP contribution >= 0.6 is 0 Å². The summed E-state index contributed by atoms with van der Waals surface area (Å²) in [5, 5.41) is 0. The molecule has 1 unspecified atom stereocenters. The molecule has 1 amide bonds. The number of hydrogen-bond donors (Lipinski definition) is 0. The Morgan fingerprint density at radius 2 is 1.97 bits per heavy atom. The molecule has 0 spiro atoms. The van der Waals surface area contributed by atoms with Crippen molar-refractivity contribution in [1.29, 1.82) is 0 Å². The van der Waals surface area contributed by atoms with Crippen LogP contribution in [0.2, 0.25) is 0 Å². The van der Waals surface area contributed by atoms with Gasteiger partial charge in [0.2, 0.25) is 0 Å². The number of fused-ring (bicyclic) bond motifs is 1. The summed E-state index contributed by atoms with van der Waals surface area (Å²) in [5.74, 6) is 2.28. The van der Waals surface area contributed by atoms with E-state index in [-0.39, 0.29) is 11.9 Å². The van der Waals surface area contributed by atoms with Crippen molar-refractivity contribution in [2.45, 2.75) is 38.3 Å². The predicted octanol–water partition coefficient (Wildman–Crippen LogP) is 4.62. The highest BCUT2D eigenvalue weighted by Crippen LogP contribution is 2.30. The summed E-state index contributed by atoms with van der Waals surface area (Å²) in [6.45, 7) is 3.81. The summed E-state index contributed by atoms with van der Waals surface area (Å²) in [7, 11) is 3.62. The van der Waals surface area contributed by atoms with Crippen LogP contribution in [0.3, 0.4) is 0 Å². The van der Waals surface area contributed by atoms with E-state index in [9.17, 15) is 4.79 Å². The minimum absolute atomic E-state index is 0.0220. The molecule has 2 aliphatic heterocycles. The maximum Gasteiger partial charge on any atom is 0.272 e. The van der Waals surface area contributed by atoms with Crippen LogP contribution < -0.4 is 9.47 Å². The molecule has 2 aromatic carbocycles. The lowest BCUT2D eigenvalue weighted by atomic mass is 9.84. The lowest BCUT2D eigenvalue weighted by molar-refractivity contribution is 0.0579. The van der Waals surface area contributed by atoms with Crippen molar-refractivity contribution in [2.75, 3.05) is 33.9 Å². The van der Waals surface area contributed by atoms with Crippen molar-refractivity contribution in [3.05, 3.63) is 89.2 Å². The van der Waals surface area contributed by atoms with E-state index in [2.05, 4.69) is 40.2 Å². The Labute approximate surface area is 213 Å². The topological polar surface area (TPSA) is 54.9 Å². The summed E-state index contributed by atoms with van der Waals surface area (Å²) >= 11 is 0. The Kier molecular flexibility index (Phi) is 7.52. The maximum absolute atomic E-state index is 13.4. The van der Waals surface area contributed by atoms with Gasteiger partial charge in [0.25, 0.3) is 5.91 Å². The number of methoxy groups -OCH3 is 1. The normalized spacial score (nSPS) is 16.7. The van der Waals surface area contributed by atoms with Gasteiger partial charge in [-0.3, -0.25) is 14.7 Å². The maximum atomic E-state index is 13.4. The predicted molar refractivity (Wildman–Crippen MR) is 140 cm³/mol. The molecule has 1 saturated heterocycles. The number of piperidine rings is 1. The second-order valence-electron chi connectivity index (χ2n) is 9.91. The van der Waals surface area contributed by atoms with Gasteiger partial charge in [0, 0.05) is 32.3 Å². The number of ether oxygens (including phenoxy) is 2. The van der Waals surface area contributed by atoms with E-state index in [0.29, 0.717) is 11.6 Å². The number of carbonyl (C=O) groups is 1. The Morgan fingerprint density at radius 1 is 1.11 bits per heavy atom. The van der Waals surface area contributed by atoms with Crippen LogP contribution in [0.15, 0.2) is 66.9 Å². The van der Waals surface area contributed by atoms with Gasteiger partial charge in [-0.2, -0.15) is 0 Å². The molecule has 36 heavy (non-hydrogen) atoms. The minimum Gasteiger partial charge on any atom is -0.497 e. The number of pyridine rings is 1. The van der Waals surface area contributed by atoms with Gasteiger partial charge in [-0.15, -0.1) is 0 Å². The SMILES string of the molecule is COc1cccc(CC(C2CCN(Cc3ccc4c(c3)CCO4)CC2)N(C)C(=O)c2ccccn2)c1. The fraction of sp³-hybridized carbons (Fsp3) is 0.400. The zero-order chi connectivity index (χ0) is 24.9. The number of likely N-dealkylation sites (N-methyl/N-ethyl adjacent to an activating group) is 1. The van der Waals surface area contributed by atoms with Crippen LogP contribution in [-0.4, -0.2) is 60.6 Å². The highest BCUT2D eigenvalue weighted by Gasteiger charge is 2.32. The third-order valence-corrected chi connectivity index (χ3v) is 7.62. The molecule has 6 nitrogen and oxygen atoms in total. The molecular formula is C30H35N3O3. The number of hydrogen-bond acceptors (Lipinski definition) is 5. The molecule has 0 radical (unpaired) electrons. The zero-order valence-corrected chi connectivity index (χ0v) is 21.2. The minimum atomic E-state index is -0.0220. The third kappa shape index (κ3) is 5.54. The lowest BCUT2D eigenvalue weighted by Crippen LogP contribution is -2.47. The first-order valence-electron chi connectivity index (χ1n) is 12.9. The van der Waals surface area contributed by atoms with E-state index < -0.39 is 0 Å². The monoisotopic (exact) mass is 485 g/mol. The molecule has 0 saturated carbocycles. The van der Waals surface area contributed by atoms with Gasteiger partial charge in [-0.1, -0.05) is 30.3 Å². The van der Waals surface area contributed by atoms with Crippen molar-refractivity contribution >= 4 is 5.91 Å². The number of nitrogens with zero attached hydrogens (tertiary/aromatic N) is 3. The summed E-state index contributed by atoms with van der Waals surface area (Å²) in [6, 6.07) is 20.4. The second-order valence-corrected chi connectivity index (χ2v) is 9.91. The van der Waals surface area contributed by atoms with Gasteiger partial charge in [-0.25, -0.2) is 0 Å². The summed E-state index contributed by atoms with van der Waals surface area (Å²) in [5.41, 5.74) is 4.36. The molecule has 1 atom stereocenters. The number of aromatic nitrogens is 1. The number of rotatable bonds is 8. The highest BCUT2D eigenvalue weighted by molar-refractivity contribution is 5.92. The average molecular weight is 486 g/mol. The Morgan fingerprint density at radius 3 is 2.75 bits per heavy atom. The number of carbonyl (C=O) groups excluding carboxylic acids is 1. The van der Waals surface area contributed by atoms with Crippen molar-refractivity contribution < 1.29 is 14.3 Å². The molecule has 1 fully saturated rings. The molecule has 3 aromatic rings. The fourth-order valence-corrected chi connectivity index (χ4v) is 5.57. The molecule has 5 rings (SSSR count). The molecule has 0 bridgehead atoms. The van der Waals surface area contributed by atoms with E-state index in [1.807, 2.05) is 36.2 Å². The van der Waals surface area contributed by atoms with E-state index in [4.69, 9.17) is 9.47 Å². The molecule has 2 aliphatic rings. The van der Waals surface area contributed by atoms with Gasteiger partial charge < -0.3 is 14.4 Å². The first-order chi connectivity index (χ1) is 17.6. The van der Waals surface area contributed by atoms with Crippen LogP contribution in [0.1, 0.15) is 40.0 Å². The van der Waals surface area contributed by atoms with Crippen LogP contribution in [0.5, 0.6) is 11.5 Å². The third-order valence-electron chi connectivity index (χ3n) is 7.62. The average Bonchev–Trinajstić information content (AvgIpc) is 3.40. The molecule has 6 heteroatoms. The van der Waals surface area contributed by atoms with Crippen LogP contribution in [0.25, 0.3) is 0 Å². The van der Waals surface area contributed by atoms with Crippen LogP contribution in [-0.2, 0) is 19.4 Å². The molecule has 188 valence electrons. The Balaban J connectivity index is 1.28. The standard InChI is InChI=1S/C30H35N3O3/c1-32(30(34)27-8-3-4-14-31-27)28(20-22-6-5-7-26(19-22)35-2)24-11-15-33(16-12-24)21-23-9-10-29-25(18-23)13-17-36-29/h3-10,14,18-19,24,28H,11-13,15-17,20-21H2,1-2H3. The number of benzene rings is 2. The zero-order valence-electron chi connectivity index (χ0n) is 21.2. The second kappa shape index (κ2) is 11.1. The van der Waals surface area contributed by atoms with Gasteiger partial charge in [0.1, 0.15) is 17.2 Å².